The van der Waals surface area contributed by atoms with Gasteiger partial charge in [0.1, 0.15) is 0 Å². The molecule has 2 aliphatic carbocycles. The average Bonchev–Trinajstić information content (AvgIpc) is 2.87. The molecule has 2 atom stereocenters. The third-order valence-electron chi connectivity index (χ3n) is 5.11. The molecule has 0 bridgehead atoms. The van der Waals surface area contributed by atoms with Gasteiger partial charge in [0.15, 0.2) is 0 Å². The molecule has 2 fully saturated rings. The topological polar surface area (TPSA) is 49.3 Å². The molecule has 0 heterocycles. The highest BCUT2D eigenvalue weighted by molar-refractivity contribution is 5.82. The van der Waals surface area contributed by atoms with Crippen molar-refractivity contribution in [2.75, 3.05) is 6.54 Å². The molecule has 2 rings (SSSR count). The first-order valence-corrected chi connectivity index (χ1v) is 7.64. The van der Waals surface area contributed by atoms with E-state index in [1.165, 1.54) is 19.3 Å². The minimum Gasteiger partial charge on any atom is -0.393 e. The molecule has 2 saturated carbocycles. The maximum absolute atomic E-state index is 12.4. The van der Waals surface area contributed by atoms with Crippen molar-refractivity contribution < 1.29 is 9.90 Å². The first-order chi connectivity index (χ1) is 8.68. The first-order valence-electron chi connectivity index (χ1n) is 7.64. The zero-order chi connectivity index (χ0) is 13.0. The van der Waals surface area contributed by atoms with Crippen molar-refractivity contribution in [2.45, 2.75) is 70.8 Å². The molecule has 0 radical (unpaired) electrons. The van der Waals surface area contributed by atoms with Gasteiger partial charge in [-0.2, -0.15) is 0 Å². The molecule has 18 heavy (non-hydrogen) atoms. The zero-order valence-electron chi connectivity index (χ0n) is 11.6. The highest BCUT2D eigenvalue weighted by Gasteiger charge is 2.39. The molecular formula is C15H27NO2. The number of rotatable bonds is 4. The standard InChI is InChI=1S/C15H27NO2/c1-2-15(9-5-6-10-15)14(18)16-11-12-7-3-4-8-13(12)17/h12-13,17H,2-11H2,1H3,(H,16,18). The lowest BCUT2D eigenvalue weighted by atomic mass is 9.81. The number of hydrogen-bond donors (Lipinski definition) is 2. The van der Waals surface area contributed by atoms with Gasteiger partial charge in [-0.25, -0.2) is 0 Å². The Morgan fingerprint density at radius 3 is 2.50 bits per heavy atom. The molecule has 0 saturated heterocycles. The Balaban J connectivity index is 1.83. The molecule has 3 heteroatoms. The van der Waals surface area contributed by atoms with Gasteiger partial charge in [0.25, 0.3) is 0 Å². The molecule has 0 aromatic rings. The number of nitrogens with one attached hydrogen (secondary N) is 1. The Morgan fingerprint density at radius 2 is 1.89 bits per heavy atom. The van der Waals surface area contributed by atoms with E-state index >= 15 is 0 Å². The van der Waals surface area contributed by atoms with Crippen LogP contribution in [0.5, 0.6) is 0 Å². The molecule has 2 aliphatic rings. The van der Waals surface area contributed by atoms with Crippen molar-refractivity contribution >= 4 is 5.91 Å². The quantitative estimate of drug-likeness (QED) is 0.809. The molecule has 0 aromatic heterocycles. The average molecular weight is 253 g/mol. The Labute approximate surface area is 110 Å². The molecule has 3 nitrogen and oxygen atoms in total. The van der Waals surface area contributed by atoms with Crippen LogP contribution in [0.25, 0.3) is 0 Å². The van der Waals surface area contributed by atoms with Gasteiger partial charge in [-0.15, -0.1) is 0 Å². The van der Waals surface area contributed by atoms with Gasteiger partial charge in [0, 0.05) is 17.9 Å². The van der Waals surface area contributed by atoms with E-state index in [0.717, 1.165) is 38.5 Å². The molecule has 104 valence electrons. The van der Waals surface area contributed by atoms with E-state index in [0.29, 0.717) is 6.54 Å². The summed E-state index contributed by atoms with van der Waals surface area (Å²) in [5.74, 6) is 0.512. The summed E-state index contributed by atoms with van der Waals surface area (Å²) in [5.41, 5.74) is -0.0976. The van der Waals surface area contributed by atoms with E-state index in [1.807, 2.05) is 0 Å². The minimum absolute atomic E-state index is 0.0976. The van der Waals surface area contributed by atoms with E-state index in [1.54, 1.807) is 0 Å². The molecule has 2 unspecified atom stereocenters. The summed E-state index contributed by atoms with van der Waals surface area (Å²) in [6.45, 7) is 2.79. The van der Waals surface area contributed by atoms with Gasteiger partial charge in [-0.1, -0.05) is 32.6 Å². The number of carbonyl (C=O) groups excluding carboxylic acids is 1. The second kappa shape index (κ2) is 6.05. The van der Waals surface area contributed by atoms with Gasteiger partial charge in [-0.3, -0.25) is 4.79 Å². The third-order valence-corrected chi connectivity index (χ3v) is 5.11. The van der Waals surface area contributed by atoms with Crippen molar-refractivity contribution in [3.05, 3.63) is 0 Å². The van der Waals surface area contributed by atoms with E-state index < -0.39 is 0 Å². The van der Waals surface area contributed by atoms with Gasteiger partial charge >= 0.3 is 0 Å². The van der Waals surface area contributed by atoms with Crippen LogP contribution in [0.4, 0.5) is 0 Å². The maximum Gasteiger partial charge on any atom is 0.226 e. The summed E-state index contributed by atoms with van der Waals surface area (Å²) in [6, 6.07) is 0. The van der Waals surface area contributed by atoms with E-state index in [4.69, 9.17) is 0 Å². The highest BCUT2D eigenvalue weighted by Crippen LogP contribution is 2.41. The van der Waals surface area contributed by atoms with Crippen molar-refractivity contribution in [1.82, 2.24) is 5.32 Å². The van der Waals surface area contributed by atoms with Crippen LogP contribution >= 0.6 is 0 Å². The molecule has 0 aliphatic heterocycles. The first kappa shape index (κ1) is 13.9. The van der Waals surface area contributed by atoms with Crippen LogP contribution in [0, 0.1) is 11.3 Å². The third kappa shape index (κ3) is 2.87. The second-order valence-corrected chi connectivity index (χ2v) is 6.16. The lowest BCUT2D eigenvalue weighted by Gasteiger charge is -2.31. The monoisotopic (exact) mass is 253 g/mol. The summed E-state index contributed by atoms with van der Waals surface area (Å²) in [4.78, 5) is 12.4. The Kier molecular flexibility index (Phi) is 4.66. The fourth-order valence-electron chi connectivity index (χ4n) is 3.63. The van der Waals surface area contributed by atoms with Gasteiger partial charge in [0.05, 0.1) is 6.10 Å². The van der Waals surface area contributed by atoms with Gasteiger partial charge in [0.2, 0.25) is 5.91 Å². The van der Waals surface area contributed by atoms with E-state index in [-0.39, 0.29) is 23.3 Å². The predicted molar refractivity (Wildman–Crippen MR) is 72.2 cm³/mol. The SMILES string of the molecule is CCC1(C(=O)NCC2CCCCC2O)CCCC1. The molecule has 0 spiro atoms. The van der Waals surface area contributed by atoms with Crippen molar-refractivity contribution in [2.24, 2.45) is 11.3 Å². The van der Waals surface area contributed by atoms with Crippen LogP contribution in [0.2, 0.25) is 0 Å². The van der Waals surface area contributed by atoms with Crippen LogP contribution in [0.1, 0.15) is 64.7 Å². The number of aliphatic hydroxyl groups excluding tert-OH is 1. The summed E-state index contributed by atoms with van der Waals surface area (Å²) in [7, 11) is 0. The predicted octanol–water partition coefficient (Wildman–Crippen LogP) is 2.62. The molecule has 1 amide bonds. The van der Waals surface area contributed by atoms with Crippen molar-refractivity contribution in [3.8, 4) is 0 Å². The Morgan fingerprint density at radius 1 is 1.22 bits per heavy atom. The lowest BCUT2D eigenvalue weighted by Crippen LogP contribution is -2.43. The fourth-order valence-corrected chi connectivity index (χ4v) is 3.63. The number of hydrogen-bond acceptors (Lipinski definition) is 2. The summed E-state index contributed by atoms with van der Waals surface area (Å²) >= 11 is 0. The molecule has 0 aromatic carbocycles. The summed E-state index contributed by atoms with van der Waals surface area (Å²) < 4.78 is 0. The van der Waals surface area contributed by atoms with Crippen LogP contribution in [-0.4, -0.2) is 23.7 Å². The molecule has 2 N–H and O–H groups in total. The summed E-state index contributed by atoms with van der Waals surface area (Å²) in [5, 5.41) is 13.0. The normalized spacial score (nSPS) is 31.2. The smallest absolute Gasteiger partial charge is 0.226 e. The maximum atomic E-state index is 12.4. The Bertz CT molecular complexity index is 284. The van der Waals surface area contributed by atoms with Crippen molar-refractivity contribution in [1.29, 1.82) is 0 Å². The number of carbonyl (C=O) groups is 1. The van der Waals surface area contributed by atoms with E-state index in [9.17, 15) is 9.90 Å². The molecular weight excluding hydrogens is 226 g/mol. The van der Waals surface area contributed by atoms with Crippen LogP contribution in [-0.2, 0) is 4.79 Å². The van der Waals surface area contributed by atoms with Crippen LogP contribution in [0.3, 0.4) is 0 Å². The fraction of sp³-hybridized carbons (Fsp3) is 0.933. The lowest BCUT2D eigenvalue weighted by molar-refractivity contribution is -0.131. The van der Waals surface area contributed by atoms with Crippen LogP contribution in [0.15, 0.2) is 0 Å². The summed E-state index contributed by atoms with van der Waals surface area (Å²) in [6.07, 6.45) is 9.49. The van der Waals surface area contributed by atoms with Gasteiger partial charge in [-0.05, 0) is 32.1 Å². The van der Waals surface area contributed by atoms with Crippen molar-refractivity contribution in [3.63, 3.8) is 0 Å². The largest absolute Gasteiger partial charge is 0.393 e. The van der Waals surface area contributed by atoms with Crippen LogP contribution < -0.4 is 5.32 Å². The van der Waals surface area contributed by atoms with Gasteiger partial charge < -0.3 is 10.4 Å². The Hall–Kier alpha value is -0.570. The highest BCUT2D eigenvalue weighted by atomic mass is 16.3. The number of amides is 1. The van der Waals surface area contributed by atoms with E-state index in [2.05, 4.69) is 12.2 Å². The zero-order valence-corrected chi connectivity index (χ0v) is 11.6. The second-order valence-electron chi connectivity index (χ2n) is 6.16. The number of aliphatic hydroxyl groups is 1. The minimum atomic E-state index is -0.208.